The first kappa shape index (κ1) is 18.6. The van der Waals surface area contributed by atoms with Crippen LogP contribution in [0.25, 0.3) is 0 Å². The highest BCUT2D eigenvalue weighted by molar-refractivity contribution is 5.30. The van der Waals surface area contributed by atoms with E-state index in [1.165, 1.54) is 25.7 Å². The zero-order valence-electron chi connectivity index (χ0n) is 17.4. The van der Waals surface area contributed by atoms with Gasteiger partial charge in [0.2, 0.25) is 0 Å². The molecule has 4 nitrogen and oxygen atoms in total. The summed E-state index contributed by atoms with van der Waals surface area (Å²) >= 11 is 0. The van der Waals surface area contributed by atoms with Crippen molar-refractivity contribution in [3.05, 3.63) is 11.6 Å². The van der Waals surface area contributed by atoms with Crippen LogP contribution >= 0.6 is 0 Å². The van der Waals surface area contributed by atoms with Gasteiger partial charge in [0.25, 0.3) is 0 Å². The second kappa shape index (κ2) is 6.04. The Kier molecular flexibility index (Phi) is 4.16. The lowest BCUT2D eigenvalue weighted by Gasteiger charge is -2.58. The summed E-state index contributed by atoms with van der Waals surface area (Å²) in [5, 5.41) is 10.5. The Hall–Kier alpha value is -0.420. The van der Waals surface area contributed by atoms with Crippen LogP contribution in [0.4, 0.5) is 0 Å². The van der Waals surface area contributed by atoms with E-state index >= 15 is 0 Å². The molecule has 4 aliphatic carbocycles. The van der Waals surface area contributed by atoms with Crippen molar-refractivity contribution in [2.45, 2.75) is 89.6 Å². The molecule has 9 atom stereocenters. The molecule has 5 rings (SSSR count). The fraction of sp³-hybridized carbons (Fsp3) is 0.913. The molecule has 0 amide bonds. The lowest BCUT2D eigenvalue weighted by atomic mass is 9.47. The first-order valence-corrected chi connectivity index (χ1v) is 11.0. The highest BCUT2D eigenvalue weighted by atomic mass is 16.7. The SMILES string of the molecule is COCO[C@H]1CC[C@@]2(C)C(=CC[C@@H]3[C@@H]2CC[C@@]2(C)[C@H]3C[C@H]3O[C@]32[C@@H](C)O)C1. The van der Waals surface area contributed by atoms with Gasteiger partial charge in [0, 0.05) is 12.5 Å². The zero-order chi connectivity index (χ0) is 19.0. The highest BCUT2D eigenvalue weighted by Gasteiger charge is 2.78. The molecule has 27 heavy (non-hydrogen) atoms. The number of hydrogen-bond acceptors (Lipinski definition) is 4. The average molecular weight is 377 g/mol. The number of aliphatic hydroxyl groups excluding tert-OH is 1. The number of rotatable bonds is 4. The Morgan fingerprint density at radius 1 is 1.26 bits per heavy atom. The molecular formula is C23H36O4. The second-order valence-electron chi connectivity index (χ2n) is 10.5. The second-order valence-corrected chi connectivity index (χ2v) is 10.5. The Morgan fingerprint density at radius 2 is 2.07 bits per heavy atom. The van der Waals surface area contributed by atoms with Gasteiger partial charge in [0.15, 0.2) is 0 Å². The van der Waals surface area contributed by atoms with E-state index < -0.39 is 0 Å². The molecule has 0 aromatic rings. The van der Waals surface area contributed by atoms with Crippen molar-refractivity contribution in [1.82, 2.24) is 0 Å². The van der Waals surface area contributed by atoms with Crippen molar-refractivity contribution in [1.29, 1.82) is 0 Å². The van der Waals surface area contributed by atoms with Crippen LogP contribution in [0.15, 0.2) is 11.6 Å². The van der Waals surface area contributed by atoms with Gasteiger partial charge in [0.1, 0.15) is 12.4 Å². The molecule has 4 fully saturated rings. The maximum atomic E-state index is 10.5. The topological polar surface area (TPSA) is 51.2 Å². The van der Waals surface area contributed by atoms with Crippen LogP contribution in [0, 0.1) is 28.6 Å². The van der Waals surface area contributed by atoms with Crippen molar-refractivity contribution in [3.8, 4) is 0 Å². The summed E-state index contributed by atoms with van der Waals surface area (Å²) in [6.45, 7) is 7.30. The molecule has 4 heteroatoms. The minimum absolute atomic E-state index is 0.146. The van der Waals surface area contributed by atoms with Gasteiger partial charge < -0.3 is 19.3 Å². The number of ether oxygens (including phenoxy) is 3. The van der Waals surface area contributed by atoms with E-state index in [0.29, 0.717) is 30.3 Å². The van der Waals surface area contributed by atoms with Crippen LogP contribution in [-0.4, -0.2) is 42.9 Å². The molecule has 0 aromatic heterocycles. The predicted octanol–water partition coefficient (Wildman–Crippen LogP) is 4.07. The summed E-state index contributed by atoms with van der Waals surface area (Å²) in [6.07, 6.45) is 11.1. The van der Waals surface area contributed by atoms with E-state index in [-0.39, 0.29) is 17.1 Å². The number of hydrogen-bond donors (Lipinski definition) is 1. The molecule has 1 aliphatic heterocycles. The van der Waals surface area contributed by atoms with Crippen LogP contribution < -0.4 is 0 Å². The predicted molar refractivity (Wildman–Crippen MR) is 103 cm³/mol. The molecule has 0 aromatic carbocycles. The van der Waals surface area contributed by atoms with Gasteiger partial charge in [-0.1, -0.05) is 25.5 Å². The third kappa shape index (κ3) is 2.30. The Bertz CT molecular complexity index is 644. The largest absolute Gasteiger partial charge is 0.390 e. The molecule has 0 radical (unpaired) electrons. The fourth-order valence-corrected chi connectivity index (χ4v) is 8.18. The van der Waals surface area contributed by atoms with Crippen molar-refractivity contribution in [2.24, 2.45) is 28.6 Å². The first-order valence-electron chi connectivity index (χ1n) is 11.0. The molecule has 152 valence electrons. The van der Waals surface area contributed by atoms with E-state index in [1.807, 2.05) is 6.92 Å². The monoisotopic (exact) mass is 376 g/mol. The zero-order valence-corrected chi connectivity index (χ0v) is 17.4. The molecular weight excluding hydrogens is 340 g/mol. The maximum absolute atomic E-state index is 10.5. The summed E-state index contributed by atoms with van der Waals surface area (Å²) < 4.78 is 17.2. The summed E-state index contributed by atoms with van der Waals surface area (Å²) in [6, 6.07) is 0. The van der Waals surface area contributed by atoms with Gasteiger partial charge in [-0.3, -0.25) is 0 Å². The number of fused-ring (bicyclic) bond motifs is 7. The fourth-order valence-electron chi connectivity index (χ4n) is 8.18. The standard InChI is InChI=1S/C23H36O4/c1-14(24)23-20(27-23)12-19-17-6-5-15-11-16(26-13-25-4)7-9-21(15,2)18(17)8-10-22(19,23)3/h5,14,16-20,24H,6-13H2,1-4H3/t14-,16+,17-,18+,19+,20-,21+,22+,23-/m1/s1. The Balaban J connectivity index is 1.40. The Labute approximate surface area is 163 Å². The summed E-state index contributed by atoms with van der Waals surface area (Å²) in [5.41, 5.74) is 1.87. The maximum Gasteiger partial charge on any atom is 0.146 e. The van der Waals surface area contributed by atoms with Gasteiger partial charge in [-0.25, -0.2) is 0 Å². The normalized spacial score (nSPS) is 54.3. The summed E-state index contributed by atoms with van der Waals surface area (Å²) in [5.74, 6) is 2.23. The van der Waals surface area contributed by atoms with Gasteiger partial charge in [0.05, 0.1) is 18.3 Å². The Morgan fingerprint density at radius 3 is 2.81 bits per heavy atom. The quantitative estimate of drug-likeness (QED) is 0.457. The molecule has 3 saturated carbocycles. The van der Waals surface area contributed by atoms with Crippen molar-refractivity contribution in [3.63, 3.8) is 0 Å². The number of allylic oxidation sites excluding steroid dienone is 1. The van der Waals surface area contributed by atoms with Gasteiger partial charge in [-0.15, -0.1) is 0 Å². The van der Waals surface area contributed by atoms with E-state index in [1.54, 1.807) is 12.7 Å². The van der Waals surface area contributed by atoms with Gasteiger partial charge in [-0.2, -0.15) is 0 Å². The van der Waals surface area contributed by atoms with Gasteiger partial charge in [-0.05, 0) is 75.0 Å². The first-order chi connectivity index (χ1) is 12.9. The number of methoxy groups -OCH3 is 1. The minimum atomic E-state index is -0.354. The van der Waals surface area contributed by atoms with Crippen LogP contribution in [0.3, 0.4) is 0 Å². The van der Waals surface area contributed by atoms with E-state index in [9.17, 15) is 5.11 Å². The third-order valence-electron chi connectivity index (χ3n) is 9.61. The number of aliphatic hydroxyl groups is 1. The average Bonchev–Trinajstić information content (AvgIpc) is 3.32. The molecule has 1 N–H and O–H groups in total. The smallest absolute Gasteiger partial charge is 0.146 e. The van der Waals surface area contributed by atoms with Crippen LogP contribution in [0.5, 0.6) is 0 Å². The van der Waals surface area contributed by atoms with Crippen molar-refractivity contribution in [2.75, 3.05) is 13.9 Å². The van der Waals surface area contributed by atoms with Crippen LogP contribution in [0.2, 0.25) is 0 Å². The molecule has 0 bridgehead atoms. The molecule has 5 aliphatic rings. The summed E-state index contributed by atoms with van der Waals surface area (Å²) in [4.78, 5) is 0. The van der Waals surface area contributed by atoms with Gasteiger partial charge >= 0.3 is 0 Å². The minimum Gasteiger partial charge on any atom is -0.390 e. The number of epoxide rings is 1. The van der Waals surface area contributed by atoms with E-state index in [2.05, 4.69) is 19.9 Å². The highest BCUT2D eigenvalue weighted by Crippen LogP contribution is 2.73. The molecule has 1 heterocycles. The lowest BCUT2D eigenvalue weighted by Crippen LogP contribution is -2.55. The lowest BCUT2D eigenvalue weighted by molar-refractivity contribution is -0.117. The van der Waals surface area contributed by atoms with E-state index in [4.69, 9.17) is 14.2 Å². The van der Waals surface area contributed by atoms with Crippen LogP contribution in [0.1, 0.15) is 65.7 Å². The van der Waals surface area contributed by atoms with E-state index in [0.717, 1.165) is 31.1 Å². The third-order valence-corrected chi connectivity index (χ3v) is 9.61. The molecule has 0 unspecified atom stereocenters. The summed E-state index contributed by atoms with van der Waals surface area (Å²) in [7, 11) is 1.70. The van der Waals surface area contributed by atoms with Crippen molar-refractivity contribution < 1.29 is 19.3 Å². The molecule has 1 saturated heterocycles. The van der Waals surface area contributed by atoms with Crippen LogP contribution in [-0.2, 0) is 14.2 Å². The van der Waals surface area contributed by atoms with Crippen molar-refractivity contribution >= 4 is 0 Å². The molecule has 0 spiro atoms.